The van der Waals surface area contributed by atoms with E-state index in [1.807, 2.05) is 0 Å². The van der Waals surface area contributed by atoms with E-state index in [1.165, 1.54) is 0 Å². The van der Waals surface area contributed by atoms with Gasteiger partial charge in [-0.15, -0.1) is 18.6 Å². The molecule has 0 spiro atoms. The van der Waals surface area contributed by atoms with Gasteiger partial charge >= 0.3 is 12.6 Å². The van der Waals surface area contributed by atoms with Crippen LogP contribution in [-0.2, 0) is 0 Å². The second-order valence-corrected chi connectivity index (χ2v) is 2.08. The van der Waals surface area contributed by atoms with E-state index in [2.05, 4.69) is 12.6 Å². The topological polar surface area (TPSA) is 32.3 Å². The summed E-state index contributed by atoms with van der Waals surface area (Å²) >= 11 is 2.60. The van der Waals surface area contributed by atoms with E-state index in [1.54, 1.807) is 0 Å². The summed E-state index contributed by atoms with van der Waals surface area (Å²) in [6.07, 6.45) is -10.8. The van der Waals surface area contributed by atoms with Crippen LogP contribution in [0, 0.1) is 0 Å². The molecule has 13 heavy (non-hydrogen) atoms. The van der Waals surface area contributed by atoms with Crippen molar-refractivity contribution in [2.24, 2.45) is 0 Å². The number of amides is 1. The molecule has 78 valence electrons. The van der Waals surface area contributed by atoms with Gasteiger partial charge in [0.1, 0.15) is 0 Å². The molecule has 0 fully saturated rings. The van der Waals surface area contributed by atoms with Gasteiger partial charge in [-0.2, -0.15) is 18.2 Å². The van der Waals surface area contributed by atoms with Gasteiger partial charge in [-0.3, -0.25) is 4.79 Å². The molecule has 0 aliphatic heterocycles. The number of carbonyl (C=O) groups is 1. The van der Waals surface area contributed by atoms with E-state index >= 15 is 0 Å². The van der Waals surface area contributed by atoms with Gasteiger partial charge in [-0.1, -0.05) is 12.6 Å². The summed E-state index contributed by atoms with van der Waals surface area (Å²) in [4.78, 5) is 9.98. The predicted octanol–water partition coefficient (Wildman–Crippen LogP) is 1.88. The fourth-order valence-electron chi connectivity index (χ4n) is 0.346. The monoisotopic (exact) mass is 228 g/mol. The average molecular weight is 228 g/mol. The van der Waals surface area contributed by atoms with Crippen molar-refractivity contribution in [3.63, 3.8) is 0 Å². The lowest BCUT2D eigenvalue weighted by molar-refractivity contribution is -0.288. The molecule has 0 unspecified atom stereocenters. The Labute approximate surface area is 73.1 Å². The Morgan fingerprint density at radius 1 is 1.15 bits per heavy atom. The number of hydrogen-bond donors (Lipinski definition) is 2. The Morgan fingerprint density at radius 3 is 1.62 bits per heavy atom. The fourth-order valence-corrected chi connectivity index (χ4v) is 0.510. The Morgan fingerprint density at radius 2 is 1.54 bits per heavy atom. The molecule has 3 nitrogen and oxygen atoms in total. The molecular weight excluding hydrogens is 226 g/mol. The zero-order valence-corrected chi connectivity index (χ0v) is 6.46. The lowest BCUT2D eigenvalue weighted by atomic mass is 10.9. The summed E-state index contributed by atoms with van der Waals surface area (Å²) < 4.78 is 68.9. The number of halogens is 6. The first-order valence-electron chi connectivity index (χ1n) is 2.48. The normalized spacial score (nSPS) is 12.8. The van der Waals surface area contributed by atoms with Crippen molar-refractivity contribution >= 4 is 17.9 Å². The highest BCUT2D eigenvalue weighted by Crippen LogP contribution is 2.23. The standard InChI is InChI=1S/C3H2F6N2OS/c4-2(5,6)10-11(1(12)13)3(7,8)9/h10H,(H,12,13). The molecule has 0 saturated carbocycles. The maximum Gasteiger partial charge on any atom is 0.502 e. The molecule has 0 rings (SSSR count). The fraction of sp³-hybridized carbons (Fsp3) is 0.667. The Hall–Kier alpha value is -0.640. The van der Waals surface area contributed by atoms with Crippen molar-refractivity contribution in [2.75, 3.05) is 0 Å². The number of alkyl halides is 6. The summed E-state index contributed by atoms with van der Waals surface area (Å²) in [6, 6.07) is 0. The average Bonchev–Trinajstić information content (AvgIpc) is 1.77. The number of rotatable bonds is 1. The van der Waals surface area contributed by atoms with E-state index < -0.39 is 22.8 Å². The van der Waals surface area contributed by atoms with Crippen LogP contribution in [0.1, 0.15) is 0 Å². The van der Waals surface area contributed by atoms with E-state index in [9.17, 15) is 31.1 Å². The molecule has 0 aromatic rings. The van der Waals surface area contributed by atoms with E-state index in [-0.39, 0.29) is 5.43 Å². The Bertz CT molecular complexity index is 199. The molecule has 10 heteroatoms. The molecule has 0 aromatic heterocycles. The molecule has 0 heterocycles. The van der Waals surface area contributed by atoms with Crippen LogP contribution in [0.5, 0.6) is 0 Å². The molecule has 0 atom stereocenters. The van der Waals surface area contributed by atoms with Gasteiger partial charge < -0.3 is 0 Å². The molecule has 0 aliphatic carbocycles. The minimum Gasteiger partial charge on any atom is -0.260 e. The highest BCUT2D eigenvalue weighted by Gasteiger charge is 2.46. The Balaban J connectivity index is 4.56. The highest BCUT2D eigenvalue weighted by atomic mass is 32.1. The van der Waals surface area contributed by atoms with E-state index in [0.29, 0.717) is 0 Å². The molecule has 0 bridgehead atoms. The molecule has 0 aromatic carbocycles. The summed E-state index contributed by atoms with van der Waals surface area (Å²) in [5.41, 5.74) is -0.0220. The zero-order valence-electron chi connectivity index (χ0n) is 5.57. The van der Waals surface area contributed by atoms with Gasteiger partial charge in [0.15, 0.2) is 0 Å². The third-order valence-electron chi connectivity index (χ3n) is 0.683. The summed E-state index contributed by atoms with van der Waals surface area (Å²) in [6.45, 7) is 0. The highest BCUT2D eigenvalue weighted by molar-refractivity contribution is 7.96. The number of carbonyl (C=O) groups excluding carboxylic acids is 1. The molecule has 1 amide bonds. The van der Waals surface area contributed by atoms with Crippen LogP contribution in [0.2, 0.25) is 0 Å². The van der Waals surface area contributed by atoms with Crippen molar-refractivity contribution in [1.82, 2.24) is 10.4 Å². The van der Waals surface area contributed by atoms with E-state index in [4.69, 9.17) is 0 Å². The first-order valence-corrected chi connectivity index (χ1v) is 2.93. The van der Waals surface area contributed by atoms with Gasteiger partial charge in [0.25, 0.3) is 5.24 Å². The Kier molecular flexibility index (Phi) is 3.44. The van der Waals surface area contributed by atoms with Crippen molar-refractivity contribution in [2.45, 2.75) is 12.6 Å². The van der Waals surface area contributed by atoms with Gasteiger partial charge in [0.05, 0.1) is 0 Å². The summed E-state index contributed by atoms with van der Waals surface area (Å²) in [5.74, 6) is 0. The molecule has 0 saturated heterocycles. The summed E-state index contributed by atoms with van der Waals surface area (Å²) in [5, 5.41) is -3.69. The minimum atomic E-state index is -5.48. The largest absolute Gasteiger partial charge is 0.502 e. The van der Waals surface area contributed by atoms with Crippen LogP contribution in [0.4, 0.5) is 31.1 Å². The zero-order chi connectivity index (χ0) is 10.9. The smallest absolute Gasteiger partial charge is 0.260 e. The second-order valence-electron chi connectivity index (χ2n) is 1.70. The maximum absolute atomic E-state index is 11.6. The van der Waals surface area contributed by atoms with Crippen LogP contribution in [0.3, 0.4) is 0 Å². The molecule has 0 aliphatic rings. The lowest BCUT2D eigenvalue weighted by Crippen LogP contribution is -2.55. The first-order chi connectivity index (χ1) is 5.54. The number of thiol groups is 1. The van der Waals surface area contributed by atoms with Crippen LogP contribution in [0.25, 0.3) is 0 Å². The molecule has 0 radical (unpaired) electrons. The van der Waals surface area contributed by atoms with Crippen molar-refractivity contribution in [3.05, 3.63) is 0 Å². The third kappa shape index (κ3) is 4.83. The van der Waals surface area contributed by atoms with E-state index in [0.717, 1.165) is 0 Å². The van der Waals surface area contributed by atoms with Gasteiger partial charge in [-0.05, 0) is 0 Å². The minimum absolute atomic E-state index is 0.0220. The molecular formula is C3H2F6N2OS. The first kappa shape index (κ1) is 12.4. The van der Waals surface area contributed by atoms with Gasteiger partial charge in [0.2, 0.25) is 0 Å². The van der Waals surface area contributed by atoms with Crippen molar-refractivity contribution < 1.29 is 31.1 Å². The summed E-state index contributed by atoms with van der Waals surface area (Å²) in [7, 11) is 0. The quantitative estimate of drug-likeness (QED) is 0.311. The second kappa shape index (κ2) is 3.62. The number of nitrogens with one attached hydrogen (secondary N) is 1. The van der Waals surface area contributed by atoms with Crippen LogP contribution < -0.4 is 5.43 Å². The van der Waals surface area contributed by atoms with Crippen LogP contribution in [0.15, 0.2) is 0 Å². The third-order valence-corrected chi connectivity index (χ3v) is 0.883. The number of hydrazine groups is 1. The lowest BCUT2D eigenvalue weighted by Gasteiger charge is -2.24. The van der Waals surface area contributed by atoms with Crippen LogP contribution >= 0.6 is 12.6 Å². The van der Waals surface area contributed by atoms with Gasteiger partial charge in [-0.25, -0.2) is 0 Å². The molecule has 1 N–H and O–H groups in total. The van der Waals surface area contributed by atoms with Crippen molar-refractivity contribution in [3.8, 4) is 0 Å². The SMILES string of the molecule is O=C(S)N(NC(F)(F)F)C(F)(F)F. The number of nitrogens with zero attached hydrogens (tertiary/aromatic N) is 1. The maximum atomic E-state index is 11.6. The van der Waals surface area contributed by atoms with Gasteiger partial charge in [0, 0.05) is 0 Å². The van der Waals surface area contributed by atoms with Crippen LogP contribution in [-0.4, -0.2) is 22.8 Å². The predicted molar refractivity (Wildman–Crippen MR) is 31.5 cm³/mol. The van der Waals surface area contributed by atoms with Crippen molar-refractivity contribution in [1.29, 1.82) is 0 Å². The number of hydrogen-bond acceptors (Lipinski definition) is 2.